The van der Waals surface area contributed by atoms with Crippen molar-refractivity contribution in [3.63, 3.8) is 0 Å². The van der Waals surface area contributed by atoms with E-state index in [9.17, 15) is 15.3 Å². The third-order valence-corrected chi connectivity index (χ3v) is 3.62. The highest BCUT2D eigenvalue weighted by Crippen LogP contribution is 2.40. The van der Waals surface area contributed by atoms with Gasteiger partial charge in [0.25, 0.3) is 0 Å². The monoisotopic (exact) mass is 257 g/mol. The van der Waals surface area contributed by atoms with Gasteiger partial charge in [0.1, 0.15) is 11.5 Å². The molecule has 3 N–H and O–H groups in total. The lowest BCUT2D eigenvalue weighted by molar-refractivity contribution is 0.180. The number of aromatic hydroxyl groups is 2. The van der Waals surface area contributed by atoms with E-state index < -0.39 is 6.10 Å². The molecule has 1 aromatic heterocycles. The van der Waals surface area contributed by atoms with Crippen LogP contribution in [0, 0.1) is 6.92 Å². The molecule has 1 unspecified atom stereocenters. The van der Waals surface area contributed by atoms with Gasteiger partial charge in [-0.05, 0) is 43.0 Å². The summed E-state index contributed by atoms with van der Waals surface area (Å²) in [7, 11) is 0. The smallest absolute Gasteiger partial charge is 0.119 e. The lowest BCUT2D eigenvalue weighted by Gasteiger charge is -2.13. The number of aryl methyl sites for hydroxylation is 1. The lowest BCUT2D eigenvalue weighted by atomic mass is 9.99. The molecule has 0 amide bonds. The second-order valence-electron chi connectivity index (χ2n) is 4.97. The summed E-state index contributed by atoms with van der Waals surface area (Å²) in [6.45, 7) is 1.98. The zero-order valence-electron chi connectivity index (χ0n) is 10.6. The number of fused-ring (bicyclic) bond motifs is 1. The summed E-state index contributed by atoms with van der Waals surface area (Å²) in [5, 5.41) is 29.3. The third-order valence-electron chi connectivity index (χ3n) is 3.62. The minimum atomic E-state index is -0.526. The zero-order chi connectivity index (χ0) is 13.6. The molecule has 19 heavy (non-hydrogen) atoms. The molecule has 0 radical (unpaired) electrons. The van der Waals surface area contributed by atoms with Gasteiger partial charge in [0.15, 0.2) is 0 Å². The van der Waals surface area contributed by atoms with Crippen molar-refractivity contribution in [1.82, 2.24) is 4.98 Å². The molecule has 0 bridgehead atoms. The summed E-state index contributed by atoms with van der Waals surface area (Å²) in [5.74, 6) is -0.0303. The van der Waals surface area contributed by atoms with Crippen LogP contribution in [0.1, 0.15) is 29.2 Å². The SMILES string of the molecule is Cc1cnc(-c2cc(O)cc(O)c2)c2c1CCC2O. The largest absolute Gasteiger partial charge is 0.508 e. The molecule has 4 nitrogen and oxygen atoms in total. The predicted octanol–water partition coefficient (Wildman–Crippen LogP) is 2.45. The maximum Gasteiger partial charge on any atom is 0.119 e. The van der Waals surface area contributed by atoms with E-state index >= 15 is 0 Å². The van der Waals surface area contributed by atoms with Gasteiger partial charge < -0.3 is 15.3 Å². The van der Waals surface area contributed by atoms with Crippen LogP contribution in [0.25, 0.3) is 11.3 Å². The number of phenols is 2. The zero-order valence-corrected chi connectivity index (χ0v) is 10.6. The number of nitrogens with zero attached hydrogens (tertiary/aromatic N) is 1. The predicted molar refractivity (Wildman–Crippen MR) is 71.0 cm³/mol. The van der Waals surface area contributed by atoms with Gasteiger partial charge in [-0.25, -0.2) is 0 Å². The minimum absolute atomic E-state index is 0.0152. The van der Waals surface area contributed by atoms with Crippen LogP contribution in [0.4, 0.5) is 0 Å². The summed E-state index contributed by atoms with van der Waals surface area (Å²) in [4.78, 5) is 4.37. The molecule has 0 fully saturated rings. The molecular weight excluding hydrogens is 242 g/mol. The van der Waals surface area contributed by atoms with Gasteiger partial charge in [-0.1, -0.05) is 0 Å². The summed E-state index contributed by atoms with van der Waals surface area (Å²) >= 11 is 0. The average Bonchev–Trinajstić information content (AvgIpc) is 2.72. The van der Waals surface area contributed by atoms with Crippen LogP contribution in [-0.2, 0) is 6.42 Å². The first-order valence-corrected chi connectivity index (χ1v) is 6.26. The molecule has 0 spiro atoms. The fourth-order valence-corrected chi connectivity index (χ4v) is 2.74. The maximum atomic E-state index is 10.1. The van der Waals surface area contributed by atoms with Crippen molar-refractivity contribution in [2.75, 3.05) is 0 Å². The first-order valence-electron chi connectivity index (χ1n) is 6.26. The molecule has 1 aromatic carbocycles. The Morgan fingerprint density at radius 2 is 1.84 bits per heavy atom. The van der Waals surface area contributed by atoms with Crippen LogP contribution >= 0.6 is 0 Å². The molecule has 0 saturated heterocycles. The van der Waals surface area contributed by atoms with Crippen LogP contribution in [0.3, 0.4) is 0 Å². The Morgan fingerprint density at radius 3 is 2.53 bits per heavy atom. The highest BCUT2D eigenvalue weighted by molar-refractivity contribution is 5.69. The Kier molecular flexibility index (Phi) is 2.68. The number of benzene rings is 1. The van der Waals surface area contributed by atoms with Gasteiger partial charge in [-0.15, -0.1) is 0 Å². The number of hydrogen-bond acceptors (Lipinski definition) is 4. The van der Waals surface area contributed by atoms with E-state index in [1.165, 1.54) is 6.07 Å². The molecule has 0 aliphatic heterocycles. The Bertz CT molecular complexity index is 632. The summed E-state index contributed by atoms with van der Waals surface area (Å²) < 4.78 is 0. The third kappa shape index (κ3) is 1.94. The molecule has 4 heteroatoms. The number of rotatable bonds is 1. The number of pyridine rings is 1. The molecule has 1 atom stereocenters. The van der Waals surface area contributed by atoms with Crippen molar-refractivity contribution < 1.29 is 15.3 Å². The number of phenolic OH excluding ortho intramolecular Hbond substituents is 2. The Morgan fingerprint density at radius 1 is 1.16 bits per heavy atom. The standard InChI is InChI=1S/C15H15NO3/c1-8-7-16-15(14-12(8)2-3-13(14)19)9-4-10(17)6-11(18)5-9/h4-7,13,17-19H,2-3H2,1H3. The molecule has 1 aliphatic rings. The van der Waals surface area contributed by atoms with E-state index in [1.54, 1.807) is 18.3 Å². The van der Waals surface area contributed by atoms with Crippen molar-refractivity contribution >= 4 is 0 Å². The average molecular weight is 257 g/mol. The van der Waals surface area contributed by atoms with Crippen molar-refractivity contribution in [2.45, 2.75) is 25.9 Å². The number of aliphatic hydroxyl groups excluding tert-OH is 1. The van der Waals surface area contributed by atoms with E-state index in [4.69, 9.17) is 0 Å². The number of aliphatic hydroxyl groups is 1. The van der Waals surface area contributed by atoms with Gasteiger partial charge in [0.05, 0.1) is 11.8 Å². The van der Waals surface area contributed by atoms with E-state index in [1.807, 2.05) is 6.92 Å². The number of aromatic nitrogens is 1. The molecule has 3 rings (SSSR count). The van der Waals surface area contributed by atoms with Crippen molar-refractivity contribution in [3.8, 4) is 22.8 Å². The molecule has 1 aliphatic carbocycles. The summed E-state index contributed by atoms with van der Waals surface area (Å²) in [5.41, 5.74) is 4.27. The summed E-state index contributed by atoms with van der Waals surface area (Å²) in [6, 6.07) is 4.36. The lowest BCUT2D eigenvalue weighted by Crippen LogP contribution is -1.99. The first kappa shape index (κ1) is 12.0. The minimum Gasteiger partial charge on any atom is -0.508 e. The van der Waals surface area contributed by atoms with Crippen molar-refractivity contribution in [1.29, 1.82) is 0 Å². The van der Waals surface area contributed by atoms with Crippen LogP contribution in [-0.4, -0.2) is 20.3 Å². The molecule has 2 aromatic rings. The van der Waals surface area contributed by atoms with Crippen LogP contribution in [0.15, 0.2) is 24.4 Å². The van der Waals surface area contributed by atoms with E-state index in [2.05, 4.69) is 4.98 Å². The fourth-order valence-electron chi connectivity index (χ4n) is 2.74. The highest BCUT2D eigenvalue weighted by atomic mass is 16.3. The quantitative estimate of drug-likeness (QED) is 0.733. The van der Waals surface area contributed by atoms with Crippen molar-refractivity contribution in [2.24, 2.45) is 0 Å². The van der Waals surface area contributed by atoms with Crippen LogP contribution in [0.2, 0.25) is 0 Å². The normalized spacial score (nSPS) is 17.5. The maximum absolute atomic E-state index is 10.1. The van der Waals surface area contributed by atoms with E-state index in [-0.39, 0.29) is 11.5 Å². The number of hydrogen-bond donors (Lipinski definition) is 3. The Labute approximate surface area is 111 Å². The van der Waals surface area contributed by atoms with Crippen LogP contribution < -0.4 is 0 Å². The second-order valence-corrected chi connectivity index (χ2v) is 4.97. The van der Waals surface area contributed by atoms with Gasteiger partial charge in [0, 0.05) is 23.4 Å². The van der Waals surface area contributed by atoms with E-state index in [0.29, 0.717) is 17.7 Å². The summed E-state index contributed by atoms with van der Waals surface area (Å²) in [6.07, 6.45) is 2.78. The van der Waals surface area contributed by atoms with Crippen LogP contribution in [0.5, 0.6) is 11.5 Å². The second kappa shape index (κ2) is 4.24. The molecule has 0 saturated carbocycles. The van der Waals surface area contributed by atoms with Gasteiger partial charge in [0.2, 0.25) is 0 Å². The first-order chi connectivity index (χ1) is 9.06. The molecule has 1 heterocycles. The molecule has 98 valence electrons. The topological polar surface area (TPSA) is 73.6 Å². The Hall–Kier alpha value is -2.07. The van der Waals surface area contributed by atoms with Gasteiger partial charge in [-0.2, -0.15) is 0 Å². The molecular formula is C15H15NO3. The van der Waals surface area contributed by atoms with Crippen molar-refractivity contribution in [3.05, 3.63) is 41.1 Å². The fraction of sp³-hybridized carbons (Fsp3) is 0.267. The highest BCUT2D eigenvalue weighted by Gasteiger charge is 2.26. The van der Waals surface area contributed by atoms with Gasteiger partial charge >= 0.3 is 0 Å². The van der Waals surface area contributed by atoms with Gasteiger partial charge in [-0.3, -0.25) is 4.98 Å². The Balaban J connectivity index is 2.24. The van der Waals surface area contributed by atoms with E-state index in [0.717, 1.165) is 23.1 Å².